The lowest BCUT2D eigenvalue weighted by molar-refractivity contribution is -0.119. The van der Waals surface area contributed by atoms with Gasteiger partial charge in [0.2, 0.25) is 5.91 Å². The third kappa shape index (κ3) is 2.51. The molecule has 1 amide bonds. The van der Waals surface area contributed by atoms with Gasteiger partial charge in [-0.2, -0.15) is 5.10 Å². The van der Waals surface area contributed by atoms with Crippen LogP contribution in [0.4, 0.5) is 10.2 Å². The van der Waals surface area contributed by atoms with Crippen molar-refractivity contribution in [3.63, 3.8) is 0 Å². The molecule has 1 N–H and O–H groups in total. The van der Waals surface area contributed by atoms with Gasteiger partial charge in [0.1, 0.15) is 5.82 Å². The lowest BCUT2D eigenvalue weighted by Gasteiger charge is -2.20. The van der Waals surface area contributed by atoms with E-state index in [1.807, 2.05) is 44.2 Å². The Kier molecular flexibility index (Phi) is 3.68. The van der Waals surface area contributed by atoms with Gasteiger partial charge in [0.15, 0.2) is 5.82 Å². The summed E-state index contributed by atoms with van der Waals surface area (Å²) in [5, 5.41) is 7.30. The van der Waals surface area contributed by atoms with Gasteiger partial charge < -0.3 is 5.32 Å². The predicted octanol–water partition coefficient (Wildman–Crippen LogP) is 4.32. The first-order chi connectivity index (χ1) is 12.4. The Morgan fingerprint density at radius 2 is 1.73 bits per heavy atom. The molecule has 0 bridgehead atoms. The van der Waals surface area contributed by atoms with Gasteiger partial charge in [0.25, 0.3) is 0 Å². The molecule has 0 saturated heterocycles. The fraction of sp³-hybridized carbons (Fsp3) is 0.238. The van der Waals surface area contributed by atoms with Crippen molar-refractivity contribution in [2.75, 3.05) is 5.32 Å². The number of rotatable bonds is 4. The number of aromatic nitrogens is 2. The second-order valence-electron chi connectivity index (χ2n) is 7.38. The van der Waals surface area contributed by atoms with Gasteiger partial charge >= 0.3 is 0 Å². The molecule has 1 heterocycles. The highest BCUT2D eigenvalue weighted by Gasteiger charge is 2.68. The summed E-state index contributed by atoms with van der Waals surface area (Å²) in [4.78, 5) is 13.1. The Morgan fingerprint density at radius 1 is 1.08 bits per heavy atom. The third-order valence-electron chi connectivity index (χ3n) is 5.31. The Hall–Kier alpha value is -2.95. The van der Waals surface area contributed by atoms with Crippen molar-refractivity contribution in [1.82, 2.24) is 9.78 Å². The first kappa shape index (κ1) is 16.5. The zero-order chi connectivity index (χ0) is 18.4. The number of carbonyl (C=O) groups excluding carboxylic acids is 1. The van der Waals surface area contributed by atoms with E-state index in [4.69, 9.17) is 0 Å². The molecule has 132 valence electrons. The van der Waals surface area contributed by atoms with Crippen LogP contribution in [0.15, 0.2) is 66.9 Å². The van der Waals surface area contributed by atoms with Gasteiger partial charge in [0.05, 0.1) is 11.1 Å². The highest BCUT2D eigenvalue weighted by molar-refractivity contribution is 6.02. The van der Waals surface area contributed by atoms with Crippen LogP contribution in [0, 0.1) is 11.2 Å². The standard InChI is InChI=1S/C21H20FN3O/c1-20(2)14-21(20,16-10-6-7-11-17(16)22)19(26)23-18-12-13-25(24-18)15-8-4-3-5-9-15/h3-13H,14H2,1-2H3,(H,23,24,26). The van der Waals surface area contributed by atoms with E-state index in [0.717, 1.165) is 5.69 Å². The molecule has 1 aliphatic rings. The minimum absolute atomic E-state index is 0.217. The quantitative estimate of drug-likeness (QED) is 0.763. The minimum atomic E-state index is -0.866. The summed E-state index contributed by atoms with van der Waals surface area (Å²) in [7, 11) is 0. The van der Waals surface area contributed by atoms with Crippen molar-refractivity contribution in [2.45, 2.75) is 25.7 Å². The van der Waals surface area contributed by atoms with Gasteiger partial charge in [-0.05, 0) is 30.0 Å². The molecule has 0 aliphatic heterocycles. The van der Waals surface area contributed by atoms with Gasteiger partial charge in [0, 0.05) is 17.8 Å². The van der Waals surface area contributed by atoms with Crippen LogP contribution in [0.5, 0.6) is 0 Å². The molecule has 1 aliphatic carbocycles. The van der Waals surface area contributed by atoms with E-state index in [0.29, 0.717) is 17.8 Å². The highest BCUT2D eigenvalue weighted by Crippen LogP contribution is 2.65. The van der Waals surface area contributed by atoms with Crippen LogP contribution in [0.3, 0.4) is 0 Å². The topological polar surface area (TPSA) is 46.9 Å². The SMILES string of the molecule is CC1(C)CC1(C(=O)Nc1ccn(-c2ccccc2)n1)c1ccccc1F. The number of nitrogens with zero attached hydrogens (tertiary/aromatic N) is 2. The number of anilines is 1. The van der Waals surface area contributed by atoms with Gasteiger partial charge in [-0.1, -0.05) is 50.2 Å². The molecule has 26 heavy (non-hydrogen) atoms. The smallest absolute Gasteiger partial charge is 0.236 e. The molecule has 1 atom stereocenters. The summed E-state index contributed by atoms with van der Waals surface area (Å²) >= 11 is 0. The van der Waals surface area contributed by atoms with Gasteiger partial charge in [-0.3, -0.25) is 4.79 Å². The number of hydrogen-bond donors (Lipinski definition) is 1. The van der Waals surface area contributed by atoms with Crippen LogP contribution in [0.2, 0.25) is 0 Å². The highest BCUT2D eigenvalue weighted by atomic mass is 19.1. The minimum Gasteiger partial charge on any atom is -0.308 e. The molecule has 0 spiro atoms. The monoisotopic (exact) mass is 349 g/mol. The van der Waals surface area contributed by atoms with E-state index in [-0.39, 0.29) is 17.1 Å². The van der Waals surface area contributed by atoms with E-state index in [2.05, 4.69) is 10.4 Å². The van der Waals surface area contributed by atoms with Crippen molar-refractivity contribution in [1.29, 1.82) is 0 Å². The van der Waals surface area contributed by atoms with E-state index in [9.17, 15) is 9.18 Å². The first-order valence-corrected chi connectivity index (χ1v) is 8.62. The van der Waals surface area contributed by atoms with Crippen LogP contribution in [-0.2, 0) is 10.2 Å². The second kappa shape index (κ2) is 5.80. The molecule has 2 aromatic carbocycles. The Labute approximate surface area is 151 Å². The molecular weight excluding hydrogens is 329 g/mol. The second-order valence-corrected chi connectivity index (χ2v) is 7.38. The van der Waals surface area contributed by atoms with Crippen LogP contribution in [0.1, 0.15) is 25.8 Å². The summed E-state index contributed by atoms with van der Waals surface area (Å²) < 4.78 is 16.1. The molecule has 4 rings (SSSR count). The molecular formula is C21H20FN3O. The average molecular weight is 349 g/mol. The number of amides is 1. The molecule has 5 heteroatoms. The molecule has 0 radical (unpaired) electrons. The molecule has 1 fully saturated rings. The van der Waals surface area contributed by atoms with Gasteiger partial charge in [-0.15, -0.1) is 0 Å². The third-order valence-corrected chi connectivity index (χ3v) is 5.31. The molecule has 1 aromatic heterocycles. The Bertz CT molecular complexity index is 964. The van der Waals surface area contributed by atoms with Crippen molar-refractivity contribution < 1.29 is 9.18 Å². The summed E-state index contributed by atoms with van der Waals surface area (Å²) in [6.45, 7) is 3.98. The van der Waals surface area contributed by atoms with Crippen LogP contribution >= 0.6 is 0 Å². The molecule has 1 saturated carbocycles. The summed E-state index contributed by atoms with van der Waals surface area (Å²) in [6.07, 6.45) is 2.39. The largest absolute Gasteiger partial charge is 0.308 e. The van der Waals surface area contributed by atoms with Crippen molar-refractivity contribution in [3.8, 4) is 5.69 Å². The summed E-state index contributed by atoms with van der Waals surface area (Å²) in [5.41, 5.74) is 0.185. The number of hydrogen-bond acceptors (Lipinski definition) is 2. The summed E-state index contributed by atoms with van der Waals surface area (Å²) in [6, 6.07) is 17.9. The number of benzene rings is 2. The lowest BCUT2D eigenvalue weighted by atomic mass is 9.86. The maximum atomic E-state index is 14.4. The average Bonchev–Trinajstić information content (AvgIpc) is 2.98. The van der Waals surface area contributed by atoms with Gasteiger partial charge in [-0.25, -0.2) is 9.07 Å². The van der Waals surface area contributed by atoms with E-state index >= 15 is 0 Å². The molecule has 1 unspecified atom stereocenters. The number of para-hydroxylation sites is 1. The normalized spacial score (nSPS) is 20.6. The Morgan fingerprint density at radius 3 is 2.38 bits per heavy atom. The van der Waals surface area contributed by atoms with E-state index in [1.165, 1.54) is 6.07 Å². The molecule has 3 aromatic rings. The fourth-order valence-electron chi connectivity index (χ4n) is 3.73. The lowest BCUT2D eigenvalue weighted by Crippen LogP contribution is -2.33. The van der Waals surface area contributed by atoms with E-state index in [1.54, 1.807) is 35.1 Å². The van der Waals surface area contributed by atoms with Crippen LogP contribution < -0.4 is 5.32 Å². The van der Waals surface area contributed by atoms with Crippen LogP contribution in [0.25, 0.3) is 5.69 Å². The van der Waals surface area contributed by atoms with E-state index < -0.39 is 5.41 Å². The number of halogens is 1. The maximum Gasteiger partial charge on any atom is 0.236 e. The van der Waals surface area contributed by atoms with Crippen LogP contribution in [-0.4, -0.2) is 15.7 Å². The van der Waals surface area contributed by atoms with Crippen molar-refractivity contribution >= 4 is 11.7 Å². The predicted molar refractivity (Wildman–Crippen MR) is 98.7 cm³/mol. The zero-order valence-electron chi connectivity index (χ0n) is 14.7. The first-order valence-electron chi connectivity index (χ1n) is 8.62. The zero-order valence-corrected chi connectivity index (χ0v) is 14.7. The Balaban J connectivity index is 1.62. The molecule has 4 nitrogen and oxygen atoms in total. The number of carbonyl (C=O) groups is 1. The van der Waals surface area contributed by atoms with Crippen molar-refractivity contribution in [2.24, 2.45) is 5.41 Å². The number of nitrogens with one attached hydrogen (secondary N) is 1. The summed E-state index contributed by atoms with van der Waals surface area (Å²) in [5.74, 6) is -0.105. The van der Waals surface area contributed by atoms with Crippen molar-refractivity contribution in [3.05, 3.63) is 78.2 Å². The fourth-order valence-corrected chi connectivity index (χ4v) is 3.73. The maximum absolute atomic E-state index is 14.4.